The molecule has 3 aromatic rings. The van der Waals surface area contributed by atoms with E-state index in [9.17, 15) is 4.79 Å². The Morgan fingerprint density at radius 3 is 2.78 bits per heavy atom. The quantitative estimate of drug-likeness (QED) is 0.521. The summed E-state index contributed by atoms with van der Waals surface area (Å²) in [6, 6.07) is 10.1. The van der Waals surface area contributed by atoms with Gasteiger partial charge in [0.05, 0.1) is 10.6 Å². The molecule has 3 rings (SSSR count). The third kappa shape index (κ3) is 4.71. The van der Waals surface area contributed by atoms with Crippen LogP contribution in [0.15, 0.2) is 53.5 Å². The van der Waals surface area contributed by atoms with Gasteiger partial charge < -0.3 is 5.32 Å². The Kier molecular flexibility index (Phi) is 5.50. The number of pyridine rings is 1. The molecule has 0 aliphatic heterocycles. The molecule has 0 atom stereocenters. The molecule has 0 spiro atoms. The Hall–Kier alpha value is -2.05. The molecule has 0 saturated heterocycles. The maximum absolute atomic E-state index is 12.0. The highest BCUT2D eigenvalue weighted by Gasteiger charge is 2.09. The predicted octanol–water partition coefficient (Wildman–Crippen LogP) is 3.97. The van der Waals surface area contributed by atoms with Crippen LogP contribution in [0.4, 0.5) is 5.13 Å². The molecule has 0 aliphatic rings. The van der Waals surface area contributed by atoms with Gasteiger partial charge in [-0.1, -0.05) is 12.1 Å². The van der Waals surface area contributed by atoms with Gasteiger partial charge in [-0.25, -0.2) is 9.55 Å². The lowest BCUT2D eigenvalue weighted by atomic mass is 10.2. The monoisotopic (exact) mass is 344 g/mol. The highest BCUT2D eigenvalue weighted by Crippen LogP contribution is 2.28. The fraction of sp³-hybridized carbons (Fsp3) is 0.235. The Morgan fingerprint density at radius 2 is 2.00 bits per heavy atom. The second-order valence-corrected chi connectivity index (χ2v) is 6.94. The second-order valence-electron chi connectivity index (χ2n) is 5.13. The molecule has 3 aromatic heterocycles. The predicted molar refractivity (Wildman–Crippen MR) is 94.5 cm³/mol. The van der Waals surface area contributed by atoms with E-state index in [-0.39, 0.29) is 5.91 Å². The van der Waals surface area contributed by atoms with Gasteiger partial charge in [0, 0.05) is 30.4 Å². The third-order valence-corrected chi connectivity index (χ3v) is 5.02. The molecule has 0 unspecified atom stereocenters. The number of hydrogen-bond acceptors (Lipinski definition) is 4. The Morgan fingerprint density at radius 1 is 1.13 bits per heavy atom. The van der Waals surface area contributed by atoms with Crippen molar-refractivity contribution < 1.29 is 9.36 Å². The van der Waals surface area contributed by atoms with Crippen LogP contribution in [0.3, 0.4) is 0 Å². The fourth-order valence-corrected chi connectivity index (χ4v) is 3.70. The molecule has 0 aliphatic carbocycles. The third-order valence-electron chi connectivity index (χ3n) is 3.37. The van der Waals surface area contributed by atoms with Gasteiger partial charge in [0.1, 0.15) is 6.54 Å². The summed E-state index contributed by atoms with van der Waals surface area (Å²) >= 11 is 3.12. The van der Waals surface area contributed by atoms with Crippen molar-refractivity contribution in [3.63, 3.8) is 0 Å². The second kappa shape index (κ2) is 7.99. The van der Waals surface area contributed by atoms with Crippen molar-refractivity contribution in [1.82, 2.24) is 4.98 Å². The van der Waals surface area contributed by atoms with E-state index in [0.29, 0.717) is 11.6 Å². The van der Waals surface area contributed by atoms with Crippen LogP contribution in [-0.2, 0) is 11.3 Å². The van der Waals surface area contributed by atoms with E-state index in [1.165, 1.54) is 11.3 Å². The van der Waals surface area contributed by atoms with Gasteiger partial charge in [-0.05, 0) is 17.9 Å². The summed E-state index contributed by atoms with van der Waals surface area (Å²) < 4.78 is 2.13. The van der Waals surface area contributed by atoms with E-state index >= 15 is 0 Å². The molecule has 0 fully saturated rings. The molecule has 3 heterocycles. The van der Waals surface area contributed by atoms with Gasteiger partial charge in [-0.3, -0.25) is 4.79 Å². The van der Waals surface area contributed by atoms with Crippen molar-refractivity contribution in [1.29, 1.82) is 0 Å². The smallest absolute Gasteiger partial charge is 0.226 e. The summed E-state index contributed by atoms with van der Waals surface area (Å²) in [5, 5.41) is 7.57. The van der Waals surface area contributed by atoms with Crippen LogP contribution in [0.25, 0.3) is 10.6 Å². The van der Waals surface area contributed by atoms with Crippen molar-refractivity contribution in [2.75, 3.05) is 5.32 Å². The zero-order valence-corrected chi connectivity index (χ0v) is 14.3. The average Bonchev–Trinajstić information content (AvgIpc) is 3.24. The van der Waals surface area contributed by atoms with E-state index in [2.05, 4.69) is 14.9 Å². The summed E-state index contributed by atoms with van der Waals surface area (Å²) in [6.07, 6.45) is 6.47. The fourth-order valence-electron chi connectivity index (χ4n) is 2.21. The number of thiophene rings is 1. The first-order valence-corrected chi connectivity index (χ1v) is 9.30. The number of amides is 1. The molecule has 0 saturated carbocycles. The van der Waals surface area contributed by atoms with Crippen molar-refractivity contribution in [2.24, 2.45) is 0 Å². The molecule has 0 aromatic carbocycles. The van der Waals surface area contributed by atoms with Crippen LogP contribution in [-0.4, -0.2) is 10.9 Å². The van der Waals surface area contributed by atoms with E-state index in [1.54, 1.807) is 11.3 Å². The lowest BCUT2D eigenvalue weighted by Crippen LogP contribution is -2.32. The van der Waals surface area contributed by atoms with E-state index in [4.69, 9.17) is 0 Å². The van der Waals surface area contributed by atoms with Crippen LogP contribution in [0.2, 0.25) is 0 Å². The lowest BCUT2D eigenvalue weighted by molar-refractivity contribution is -0.697. The van der Waals surface area contributed by atoms with Crippen molar-refractivity contribution in [2.45, 2.75) is 25.8 Å². The number of rotatable bonds is 7. The molecule has 6 heteroatoms. The molecule has 118 valence electrons. The summed E-state index contributed by atoms with van der Waals surface area (Å²) in [6.45, 7) is 0.938. The Bertz CT molecular complexity index is 738. The zero-order chi connectivity index (χ0) is 15.9. The van der Waals surface area contributed by atoms with Crippen LogP contribution in [0, 0.1) is 0 Å². The number of carbonyl (C=O) groups excluding carboxylic acids is 1. The topological polar surface area (TPSA) is 45.9 Å². The number of aromatic nitrogens is 2. The van der Waals surface area contributed by atoms with E-state index in [1.807, 2.05) is 53.5 Å². The van der Waals surface area contributed by atoms with Gasteiger partial charge in [-0.2, -0.15) is 0 Å². The molecule has 1 amide bonds. The summed E-state index contributed by atoms with van der Waals surface area (Å²) in [5.41, 5.74) is 0.931. The number of unbranched alkanes of at least 4 members (excludes halogenated alkanes) is 1. The molecular weight excluding hydrogens is 326 g/mol. The molecule has 0 bridgehead atoms. The SMILES string of the molecule is O=C(CCCC[n+]1ccccc1)Nc1nc(-c2cccs2)cs1. The minimum Gasteiger partial charge on any atom is -0.302 e. The summed E-state index contributed by atoms with van der Waals surface area (Å²) in [5.74, 6) is 0.0372. The van der Waals surface area contributed by atoms with Gasteiger partial charge in [-0.15, -0.1) is 22.7 Å². The van der Waals surface area contributed by atoms with Gasteiger partial charge in [0.15, 0.2) is 17.5 Å². The standard InChI is InChI=1S/C17H17N3OS2/c21-16(8-2-5-11-20-9-3-1-4-10-20)19-17-18-14(13-23-17)15-7-6-12-22-15/h1,3-4,6-7,9-10,12-13H,2,5,8,11H2/p+1. The minimum atomic E-state index is 0.0372. The largest absolute Gasteiger partial charge is 0.302 e. The first-order valence-electron chi connectivity index (χ1n) is 7.54. The van der Waals surface area contributed by atoms with E-state index in [0.717, 1.165) is 30.0 Å². The van der Waals surface area contributed by atoms with Crippen LogP contribution in [0.1, 0.15) is 19.3 Å². The van der Waals surface area contributed by atoms with Gasteiger partial charge in [0.25, 0.3) is 0 Å². The summed E-state index contributed by atoms with van der Waals surface area (Å²) in [4.78, 5) is 17.6. The molecule has 1 N–H and O–H groups in total. The van der Waals surface area contributed by atoms with Crippen LogP contribution < -0.4 is 9.88 Å². The number of aryl methyl sites for hydroxylation is 1. The number of thiazole rings is 1. The van der Waals surface area contributed by atoms with Gasteiger partial charge in [0.2, 0.25) is 5.91 Å². The average molecular weight is 344 g/mol. The van der Waals surface area contributed by atoms with Crippen LogP contribution >= 0.6 is 22.7 Å². The number of anilines is 1. The molecular formula is C17H18N3OS2+. The van der Waals surface area contributed by atoms with E-state index < -0.39 is 0 Å². The Labute approximate surface area is 143 Å². The van der Waals surface area contributed by atoms with Gasteiger partial charge >= 0.3 is 0 Å². The normalized spacial score (nSPS) is 10.6. The van der Waals surface area contributed by atoms with Crippen molar-refractivity contribution in [3.8, 4) is 10.6 Å². The maximum atomic E-state index is 12.0. The minimum absolute atomic E-state index is 0.0372. The van der Waals surface area contributed by atoms with Crippen molar-refractivity contribution >= 4 is 33.7 Å². The molecule has 0 radical (unpaired) electrons. The summed E-state index contributed by atoms with van der Waals surface area (Å²) in [7, 11) is 0. The van der Waals surface area contributed by atoms with Crippen LogP contribution in [0.5, 0.6) is 0 Å². The first kappa shape index (κ1) is 15.8. The van der Waals surface area contributed by atoms with Crippen molar-refractivity contribution in [3.05, 3.63) is 53.5 Å². The number of nitrogens with zero attached hydrogens (tertiary/aromatic N) is 2. The number of hydrogen-bond donors (Lipinski definition) is 1. The number of nitrogens with one attached hydrogen (secondary N) is 1. The molecule has 4 nitrogen and oxygen atoms in total. The Balaban J connectivity index is 1.41. The molecule has 23 heavy (non-hydrogen) atoms. The highest BCUT2D eigenvalue weighted by molar-refractivity contribution is 7.16. The first-order chi connectivity index (χ1) is 11.3. The zero-order valence-electron chi connectivity index (χ0n) is 12.6. The maximum Gasteiger partial charge on any atom is 0.226 e. The number of carbonyl (C=O) groups is 1. The lowest BCUT2D eigenvalue weighted by Gasteiger charge is -2.01. The highest BCUT2D eigenvalue weighted by atomic mass is 32.1.